The maximum atomic E-state index is 12.3. The third-order valence-corrected chi connectivity index (χ3v) is 4.17. The number of likely N-dealkylation sites (tertiary alicyclic amines) is 1. The van der Waals surface area contributed by atoms with E-state index in [-0.39, 0.29) is 24.4 Å². The maximum absolute atomic E-state index is 12.3. The van der Waals surface area contributed by atoms with Crippen LogP contribution in [0.25, 0.3) is 0 Å². The van der Waals surface area contributed by atoms with Gasteiger partial charge >= 0.3 is 0 Å². The fraction of sp³-hybridized carbons (Fsp3) is 0.643. The van der Waals surface area contributed by atoms with Gasteiger partial charge in [0.2, 0.25) is 11.8 Å². The van der Waals surface area contributed by atoms with E-state index < -0.39 is 0 Å². The van der Waals surface area contributed by atoms with Gasteiger partial charge in [-0.3, -0.25) is 14.3 Å². The molecule has 21 heavy (non-hydrogen) atoms. The Morgan fingerprint density at radius 2 is 2.33 bits per heavy atom. The monoisotopic (exact) mass is 291 g/mol. The number of hydrogen-bond donors (Lipinski definition) is 1. The van der Waals surface area contributed by atoms with Gasteiger partial charge in [0.15, 0.2) is 0 Å². The van der Waals surface area contributed by atoms with Gasteiger partial charge in [-0.05, 0) is 18.9 Å². The fourth-order valence-electron chi connectivity index (χ4n) is 3.08. The SMILES string of the molecule is O=C(Cn1cccn1)N1CCCC(N2CCNCC2=O)C1. The lowest BCUT2D eigenvalue weighted by Gasteiger charge is -2.41. The summed E-state index contributed by atoms with van der Waals surface area (Å²) >= 11 is 0. The van der Waals surface area contributed by atoms with Crippen molar-refractivity contribution in [3.63, 3.8) is 0 Å². The van der Waals surface area contributed by atoms with Crippen LogP contribution in [0, 0.1) is 0 Å². The smallest absolute Gasteiger partial charge is 0.244 e. The fourth-order valence-corrected chi connectivity index (χ4v) is 3.08. The van der Waals surface area contributed by atoms with Gasteiger partial charge in [-0.15, -0.1) is 0 Å². The van der Waals surface area contributed by atoms with E-state index in [2.05, 4.69) is 10.4 Å². The molecular formula is C14H21N5O2. The van der Waals surface area contributed by atoms with Gasteiger partial charge in [-0.1, -0.05) is 0 Å². The topological polar surface area (TPSA) is 70.5 Å². The van der Waals surface area contributed by atoms with Crippen LogP contribution in [0.3, 0.4) is 0 Å². The van der Waals surface area contributed by atoms with Gasteiger partial charge in [0.25, 0.3) is 0 Å². The molecule has 1 N–H and O–H groups in total. The van der Waals surface area contributed by atoms with Crippen LogP contribution in [0.4, 0.5) is 0 Å². The summed E-state index contributed by atoms with van der Waals surface area (Å²) in [4.78, 5) is 28.1. The Balaban J connectivity index is 1.59. The van der Waals surface area contributed by atoms with Crippen molar-refractivity contribution in [3.8, 4) is 0 Å². The van der Waals surface area contributed by atoms with Crippen LogP contribution in [-0.2, 0) is 16.1 Å². The largest absolute Gasteiger partial charge is 0.339 e. The molecule has 1 aromatic heterocycles. The summed E-state index contributed by atoms with van der Waals surface area (Å²) in [5, 5.41) is 7.15. The first-order valence-corrected chi connectivity index (χ1v) is 7.49. The van der Waals surface area contributed by atoms with Crippen LogP contribution in [0.2, 0.25) is 0 Å². The van der Waals surface area contributed by atoms with Crippen LogP contribution in [0.1, 0.15) is 12.8 Å². The van der Waals surface area contributed by atoms with E-state index in [4.69, 9.17) is 0 Å². The molecule has 0 radical (unpaired) electrons. The molecule has 0 bridgehead atoms. The number of piperazine rings is 1. The van der Waals surface area contributed by atoms with E-state index in [0.717, 1.165) is 32.5 Å². The molecule has 2 fully saturated rings. The van der Waals surface area contributed by atoms with E-state index in [1.165, 1.54) is 0 Å². The minimum absolute atomic E-state index is 0.0750. The van der Waals surface area contributed by atoms with Crippen molar-refractivity contribution in [2.24, 2.45) is 0 Å². The molecule has 7 nitrogen and oxygen atoms in total. The molecule has 0 aromatic carbocycles. The Kier molecular flexibility index (Phi) is 4.19. The highest BCUT2D eigenvalue weighted by Crippen LogP contribution is 2.17. The summed E-state index contributed by atoms with van der Waals surface area (Å²) in [6, 6.07) is 1.97. The first-order chi connectivity index (χ1) is 10.2. The van der Waals surface area contributed by atoms with Crippen molar-refractivity contribution in [2.75, 3.05) is 32.7 Å². The van der Waals surface area contributed by atoms with Crippen molar-refractivity contribution < 1.29 is 9.59 Å². The van der Waals surface area contributed by atoms with Crippen LogP contribution in [-0.4, -0.2) is 70.2 Å². The molecule has 114 valence electrons. The molecule has 2 aliphatic rings. The first-order valence-electron chi connectivity index (χ1n) is 7.49. The number of amides is 2. The zero-order valence-corrected chi connectivity index (χ0v) is 12.1. The number of hydrogen-bond acceptors (Lipinski definition) is 4. The summed E-state index contributed by atoms with van der Waals surface area (Å²) in [7, 11) is 0. The summed E-state index contributed by atoms with van der Waals surface area (Å²) in [5.41, 5.74) is 0. The van der Waals surface area contributed by atoms with Crippen molar-refractivity contribution in [1.29, 1.82) is 0 Å². The van der Waals surface area contributed by atoms with Crippen molar-refractivity contribution in [1.82, 2.24) is 24.9 Å². The highest BCUT2D eigenvalue weighted by molar-refractivity contribution is 5.80. The lowest BCUT2D eigenvalue weighted by molar-refractivity contribution is -0.140. The van der Waals surface area contributed by atoms with Crippen molar-refractivity contribution >= 4 is 11.8 Å². The highest BCUT2D eigenvalue weighted by atomic mass is 16.2. The molecule has 1 atom stereocenters. The third-order valence-electron chi connectivity index (χ3n) is 4.17. The second-order valence-electron chi connectivity index (χ2n) is 5.60. The number of aromatic nitrogens is 2. The van der Waals surface area contributed by atoms with Crippen molar-refractivity contribution in [2.45, 2.75) is 25.4 Å². The predicted molar refractivity (Wildman–Crippen MR) is 76.4 cm³/mol. The zero-order valence-electron chi connectivity index (χ0n) is 12.1. The molecule has 0 spiro atoms. The Morgan fingerprint density at radius 1 is 1.43 bits per heavy atom. The second kappa shape index (κ2) is 6.26. The van der Waals surface area contributed by atoms with Gasteiger partial charge in [-0.25, -0.2) is 0 Å². The van der Waals surface area contributed by atoms with Gasteiger partial charge in [0.1, 0.15) is 6.54 Å². The van der Waals surface area contributed by atoms with Crippen LogP contribution < -0.4 is 5.32 Å². The Labute approximate surface area is 123 Å². The lowest BCUT2D eigenvalue weighted by Crippen LogP contribution is -2.57. The predicted octanol–water partition coefficient (Wildman–Crippen LogP) is -0.694. The number of nitrogens with one attached hydrogen (secondary N) is 1. The van der Waals surface area contributed by atoms with Crippen LogP contribution in [0.5, 0.6) is 0 Å². The van der Waals surface area contributed by atoms with Crippen LogP contribution in [0.15, 0.2) is 18.5 Å². The lowest BCUT2D eigenvalue weighted by atomic mass is 10.0. The molecule has 1 aromatic rings. The Hall–Kier alpha value is -1.89. The average Bonchev–Trinajstić information content (AvgIpc) is 3.01. The molecule has 1 unspecified atom stereocenters. The van der Waals surface area contributed by atoms with E-state index in [1.807, 2.05) is 15.9 Å². The van der Waals surface area contributed by atoms with E-state index in [0.29, 0.717) is 13.1 Å². The number of carbonyl (C=O) groups excluding carboxylic acids is 2. The highest BCUT2D eigenvalue weighted by Gasteiger charge is 2.31. The molecule has 0 aliphatic carbocycles. The van der Waals surface area contributed by atoms with Crippen molar-refractivity contribution in [3.05, 3.63) is 18.5 Å². The van der Waals surface area contributed by atoms with E-state index in [1.54, 1.807) is 17.1 Å². The molecule has 2 saturated heterocycles. The maximum Gasteiger partial charge on any atom is 0.244 e. The van der Waals surface area contributed by atoms with Crippen LogP contribution >= 0.6 is 0 Å². The molecule has 2 aliphatic heterocycles. The molecule has 3 heterocycles. The second-order valence-corrected chi connectivity index (χ2v) is 5.60. The number of rotatable bonds is 3. The summed E-state index contributed by atoms with van der Waals surface area (Å²) < 4.78 is 1.64. The average molecular weight is 291 g/mol. The molecular weight excluding hydrogens is 270 g/mol. The molecule has 3 rings (SSSR count). The molecule has 7 heteroatoms. The first kappa shape index (κ1) is 14.1. The minimum atomic E-state index is 0.0750. The Bertz CT molecular complexity index is 501. The number of piperidine rings is 1. The quantitative estimate of drug-likeness (QED) is 0.800. The summed E-state index contributed by atoms with van der Waals surface area (Å²) in [6.07, 6.45) is 5.40. The summed E-state index contributed by atoms with van der Waals surface area (Å²) in [5.74, 6) is 0.221. The number of carbonyl (C=O) groups is 2. The van der Waals surface area contributed by atoms with Gasteiger partial charge in [0.05, 0.1) is 6.54 Å². The van der Waals surface area contributed by atoms with Gasteiger partial charge in [-0.2, -0.15) is 5.10 Å². The standard InChI is InChI=1S/C14H21N5O2/c20-13-9-15-5-8-19(13)12-3-1-6-17(10-12)14(21)11-18-7-2-4-16-18/h2,4,7,12,15H,1,3,5-6,8-11H2. The van der Waals surface area contributed by atoms with E-state index >= 15 is 0 Å². The molecule has 2 amide bonds. The Morgan fingerprint density at radius 3 is 3.10 bits per heavy atom. The van der Waals surface area contributed by atoms with Gasteiger partial charge in [0, 0.05) is 44.6 Å². The summed E-state index contributed by atoms with van der Waals surface area (Å²) in [6.45, 7) is 3.68. The number of nitrogens with zero attached hydrogens (tertiary/aromatic N) is 4. The zero-order chi connectivity index (χ0) is 14.7. The normalized spacial score (nSPS) is 23.4. The minimum Gasteiger partial charge on any atom is -0.339 e. The van der Waals surface area contributed by atoms with E-state index in [9.17, 15) is 9.59 Å². The van der Waals surface area contributed by atoms with Gasteiger partial charge < -0.3 is 15.1 Å². The third kappa shape index (κ3) is 3.24. The molecule has 0 saturated carbocycles.